The third-order valence-corrected chi connectivity index (χ3v) is 5.99. The second-order valence-electron chi connectivity index (χ2n) is 9.23. The van der Waals surface area contributed by atoms with Crippen LogP contribution in [0, 0.1) is 0 Å². The van der Waals surface area contributed by atoms with E-state index in [9.17, 15) is 4.79 Å². The topological polar surface area (TPSA) is 63.3 Å². The number of para-hydroxylation sites is 1. The maximum atomic E-state index is 11.2. The Morgan fingerprint density at radius 2 is 1.66 bits per heavy atom. The molecule has 3 aromatic rings. The molecule has 4 heteroatoms. The lowest BCUT2D eigenvalue weighted by Gasteiger charge is -2.20. The van der Waals surface area contributed by atoms with Gasteiger partial charge in [-0.05, 0) is 39.8 Å². The van der Waals surface area contributed by atoms with Gasteiger partial charge in [0.15, 0.2) is 7.28 Å². The number of aromatic carboxylic acids is 1. The summed E-state index contributed by atoms with van der Waals surface area (Å²) in [6, 6.07) is 21.8. The summed E-state index contributed by atoms with van der Waals surface area (Å²) in [5, 5.41) is 9.17. The van der Waals surface area contributed by atoms with Crippen LogP contribution in [0.4, 0.5) is 5.69 Å². The summed E-state index contributed by atoms with van der Waals surface area (Å²) in [5.74, 6) is -0.892. The lowest BCUT2D eigenvalue weighted by atomic mass is 9.62. The molecule has 1 radical (unpaired) electrons. The summed E-state index contributed by atoms with van der Waals surface area (Å²) in [6.45, 7) is 6.63. The van der Waals surface area contributed by atoms with Gasteiger partial charge >= 0.3 is 5.97 Å². The van der Waals surface area contributed by atoms with Gasteiger partial charge in [0.1, 0.15) is 0 Å². The zero-order chi connectivity index (χ0) is 22.9. The highest BCUT2D eigenvalue weighted by Gasteiger charge is 2.22. The van der Waals surface area contributed by atoms with E-state index in [-0.39, 0.29) is 16.9 Å². The van der Waals surface area contributed by atoms with Gasteiger partial charge in [0.25, 0.3) is 0 Å². The Balaban J connectivity index is 1.60. The van der Waals surface area contributed by atoms with Gasteiger partial charge in [0.05, 0.1) is 5.56 Å². The Morgan fingerprint density at radius 3 is 2.28 bits per heavy atom. The summed E-state index contributed by atoms with van der Waals surface area (Å²) in [6.07, 6.45) is 6.24. The molecule has 3 aromatic carbocycles. The molecule has 1 aliphatic carbocycles. The number of benzene rings is 3. The molecule has 0 saturated heterocycles. The van der Waals surface area contributed by atoms with E-state index in [1.807, 2.05) is 30.3 Å². The maximum Gasteiger partial charge on any atom is 0.335 e. The molecule has 0 spiro atoms. The van der Waals surface area contributed by atoms with E-state index >= 15 is 0 Å². The minimum atomic E-state index is -0.922. The van der Waals surface area contributed by atoms with Crippen LogP contribution in [0.3, 0.4) is 0 Å². The third kappa shape index (κ3) is 4.40. The van der Waals surface area contributed by atoms with Gasteiger partial charge in [-0.15, -0.1) is 0 Å². The summed E-state index contributed by atoms with van der Waals surface area (Å²) in [5.41, 5.74) is 14.4. The predicted octanol–water partition coefficient (Wildman–Crippen LogP) is 4.66. The number of allylic oxidation sites excluding steroid dienone is 4. The molecule has 0 aliphatic heterocycles. The summed E-state index contributed by atoms with van der Waals surface area (Å²) in [4.78, 5) is 11.2. The molecule has 3 N–H and O–H groups in total. The fraction of sp³-hybridized carbons (Fsp3) is 0.179. The Morgan fingerprint density at radius 1 is 0.969 bits per heavy atom. The first-order valence-electron chi connectivity index (χ1n) is 10.8. The van der Waals surface area contributed by atoms with Crippen molar-refractivity contribution < 1.29 is 9.90 Å². The van der Waals surface area contributed by atoms with Gasteiger partial charge in [-0.2, -0.15) is 0 Å². The molecule has 1 aliphatic rings. The normalized spacial score (nSPS) is 15.5. The van der Waals surface area contributed by atoms with E-state index < -0.39 is 5.97 Å². The van der Waals surface area contributed by atoms with Crippen LogP contribution in [0.1, 0.15) is 53.7 Å². The zero-order valence-electron chi connectivity index (χ0n) is 18.7. The Labute approximate surface area is 190 Å². The fourth-order valence-electron chi connectivity index (χ4n) is 4.09. The summed E-state index contributed by atoms with van der Waals surface area (Å²) in [7, 11) is 2.12. The lowest BCUT2D eigenvalue weighted by Crippen LogP contribution is -2.30. The second kappa shape index (κ2) is 8.54. The van der Waals surface area contributed by atoms with Gasteiger partial charge in [-0.25, -0.2) is 4.79 Å². The zero-order valence-corrected chi connectivity index (χ0v) is 18.7. The van der Waals surface area contributed by atoms with Gasteiger partial charge in [0, 0.05) is 11.6 Å². The lowest BCUT2D eigenvalue weighted by molar-refractivity contribution is 0.0697. The fourth-order valence-corrected chi connectivity index (χ4v) is 4.09. The molecule has 0 fully saturated rings. The quantitative estimate of drug-likeness (QED) is 0.466. The molecule has 32 heavy (non-hydrogen) atoms. The van der Waals surface area contributed by atoms with Crippen molar-refractivity contribution in [2.75, 3.05) is 5.73 Å². The van der Waals surface area contributed by atoms with E-state index in [0.29, 0.717) is 0 Å². The molecule has 0 saturated carbocycles. The third-order valence-electron chi connectivity index (χ3n) is 5.99. The molecule has 1 unspecified atom stereocenters. The smallest absolute Gasteiger partial charge is 0.335 e. The van der Waals surface area contributed by atoms with Crippen LogP contribution >= 0.6 is 0 Å². The first-order valence-corrected chi connectivity index (χ1v) is 10.8. The second-order valence-corrected chi connectivity index (χ2v) is 9.23. The predicted molar refractivity (Wildman–Crippen MR) is 134 cm³/mol. The number of carboxylic acids is 1. The average molecular weight is 420 g/mol. The van der Waals surface area contributed by atoms with Crippen molar-refractivity contribution in [3.63, 3.8) is 0 Å². The number of nitrogen functional groups attached to an aromatic ring is 1. The van der Waals surface area contributed by atoms with E-state index in [1.165, 1.54) is 5.56 Å². The molecule has 159 valence electrons. The van der Waals surface area contributed by atoms with Crippen LogP contribution in [0.25, 0.3) is 5.57 Å². The van der Waals surface area contributed by atoms with Crippen molar-refractivity contribution in [1.82, 2.24) is 0 Å². The first kappa shape index (κ1) is 21.7. The van der Waals surface area contributed by atoms with Crippen molar-refractivity contribution in [1.29, 1.82) is 0 Å². The largest absolute Gasteiger partial charge is 0.478 e. The summed E-state index contributed by atoms with van der Waals surface area (Å²) < 4.78 is 0. The maximum absolute atomic E-state index is 11.2. The molecule has 0 heterocycles. The molecule has 0 bridgehead atoms. The van der Waals surface area contributed by atoms with Crippen molar-refractivity contribution in [2.24, 2.45) is 0 Å². The summed E-state index contributed by atoms with van der Waals surface area (Å²) >= 11 is 0. The Hall–Kier alpha value is -3.53. The van der Waals surface area contributed by atoms with Gasteiger partial charge in [-0.3, -0.25) is 0 Å². The minimum absolute atomic E-state index is 0.0299. The molecule has 4 rings (SSSR count). The number of anilines is 1. The monoisotopic (exact) mass is 420 g/mol. The van der Waals surface area contributed by atoms with Crippen molar-refractivity contribution in [2.45, 2.75) is 32.1 Å². The molecular formula is C28H27BNO2. The highest BCUT2D eigenvalue weighted by Crippen LogP contribution is 2.39. The van der Waals surface area contributed by atoms with Crippen molar-refractivity contribution in [3.05, 3.63) is 107 Å². The number of hydrogen-bond donors (Lipinski definition) is 2. The van der Waals surface area contributed by atoms with Crippen LogP contribution in [-0.2, 0) is 5.41 Å². The SMILES string of the molecule is CC(C)(C)c1ccc([B]c2cccc(C3C=CC=C3c3ccc(C(=O)O)cc3)c2N)cc1. The highest BCUT2D eigenvalue weighted by molar-refractivity contribution is 6.68. The Kier molecular flexibility index (Phi) is 5.79. The van der Waals surface area contributed by atoms with Crippen molar-refractivity contribution in [3.8, 4) is 0 Å². The number of hydrogen-bond acceptors (Lipinski definition) is 2. The highest BCUT2D eigenvalue weighted by atomic mass is 16.4. The molecule has 0 aromatic heterocycles. The van der Waals surface area contributed by atoms with Crippen molar-refractivity contribution >= 4 is 35.4 Å². The molecule has 3 nitrogen and oxygen atoms in total. The van der Waals surface area contributed by atoms with Crippen LogP contribution in [0.2, 0.25) is 0 Å². The van der Waals surface area contributed by atoms with Crippen LogP contribution < -0.4 is 16.7 Å². The minimum Gasteiger partial charge on any atom is -0.478 e. The van der Waals surface area contributed by atoms with E-state index in [0.717, 1.165) is 33.3 Å². The van der Waals surface area contributed by atoms with Gasteiger partial charge < -0.3 is 10.8 Å². The molecule has 0 amide bonds. The average Bonchev–Trinajstić information content (AvgIpc) is 3.24. The standard InChI is InChI=1S/C28H27BNO2/c1-28(2,3)20-14-16-21(17-15-20)29-25-9-5-8-24(26(25)30)23-7-4-6-22(23)18-10-12-19(13-11-18)27(31)32/h4-17,23H,30H2,1-3H3,(H,31,32). The number of carboxylic acid groups (broad SMARTS) is 1. The first-order chi connectivity index (χ1) is 15.2. The van der Waals surface area contributed by atoms with Gasteiger partial charge in [-0.1, -0.05) is 105 Å². The van der Waals surface area contributed by atoms with Crippen LogP contribution in [-0.4, -0.2) is 18.4 Å². The van der Waals surface area contributed by atoms with E-state index in [2.05, 4.69) is 70.5 Å². The van der Waals surface area contributed by atoms with Crippen LogP contribution in [0.5, 0.6) is 0 Å². The number of carbonyl (C=O) groups is 1. The Bertz CT molecular complexity index is 1200. The number of nitrogens with two attached hydrogens (primary N) is 1. The van der Waals surface area contributed by atoms with E-state index in [4.69, 9.17) is 10.8 Å². The van der Waals surface area contributed by atoms with E-state index in [1.54, 1.807) is 12.1 Å². The molecular weight excluding hydrogens is 393 g/mol. The molecule has 1 atom stereocenters. The van der Waals surface area contributed by atoms with Gasteiger partial charge in [0.2, 0.25) is 0 Å². The van der Waals surface area contributed by atoms with Crippen LogP contribution in [0.15, 0.2) is 85.0 Å². The number of rotatable bonds is 5.